The quantitative estimate of drug-likeness (QED) is 0.846. The number of rotatable bonds is 5. The van der Waals surface area contributed by atoms with E-state index in [2.05, 4.69) is 42.2 Å². The molecule has 1 saturated carbocycles. The van der Waals surface area contributed by atoms with E-state index in [-0.39, 0.29) is 0 Å². The van der Waals surface area contributed by atoms with Gasteiger partial charge in [0.05, 0.1) is 0 Å². The predicted molar refractivity (Wildman–Crippen MR) is 72.8 cm³/mol. The third kappa shape index (κ3) is 3.30. The Bertz CT molecular complexity index is 317. The molecule has 0 saturated heterocycles. The highest BCUT2D eigenvalue weighted by Gasteiger charge is 2.25. The van der Waals surface area contributed by atoms with Crippen molar-refractivity contribution in [2.45, 2.75) is 51.2 Å². The molecule has 1 aliphatic carbocycles. The molecule has 1 aromatic carbocycles. The lowest BCUT2D eigenvalue weighted by molar-refractivity contribution is 0.140. The molecule has 2 N–H and O–H groups in total. The summed E-state index contributed by atoms with van der Waals surface area (Å²) in [5.74, 6) is 0. The second-order valence-electron chi connectivity index (χ2n) is 5.18. The Morgan fingerprint density at radius 2 is 1.88 bits per heavy atom. The molecule has 2 rings (SSSR count). The number of nitrogens with zero attached hydrogens (tertiary/aromatic N) is 1. The molecule has 0 spiro atoms. The van der Waals surface area contributed by atoms with Crippen LogP contribution in [-0.2, 0) is 6.54 Å². The standard InChI is InChI=1S/C15H24N2/c1-13(11-16)17(15-9-5-6-10-15)12-14-7-3-2-4-8-14/h2-4,7-8,13,15H,5-6,9-12,16H2,1H3. The largest absolute Gasteiger partial charge is 0.329 e. The first-order valence-corrected chi connectivity index (χ1v) is 6.81. The van der Waals surface area contributed by atoms with Gasteiger partial charge < -0.3 is 5.73 Å². The molecular weight excluding hydrogens is 208 g/mol. The SMILES string of the molecule is CC(CN)N(Cc1ccccc1)C1CCCC1. The smallest absolute Gasteiger partial charge is 0.0240 e. The average Bonchev–Trinajstić information content (AvgIpc) is 2.90. The molecule has 0 amide bonds. The third-order valence-electron chi connectivity index (χ3n) is 3.91. The molecule has 0 aliphatic heterocycles. The van der Waals surface area contributed by atoms with Crippen molar-refractivity contribution in [3.63, 3.8) is 0 Å². The maximum absolute atomic E-state index is 5.85. The summed E-state index contributed by atoms with van der Waals surface area (Å²) in [5.41, 5.74) is 7.26. The minimum absolute atomic E-state index is 0.485. The highest BCUT2D eigenvalue weighted by Crippen LogP contribution is 2.26. The van der Waals surface area contributed by atoms with Crippen molar-refractivity contribution < 1.29 is 0 Å². The number of benzene rings is 1. The van der Waals surface area contributed by atoms with E-state index in [0.29, 0.717) is 6.04 Å². The molecule has 1 aliphatic rings. The second kappa shape index (κ2) is 6.18. The van der Waals surface area contributed by atoms with Crippen molar-refractivity contribution in [2.24, 2.45) is 5.73 Å². The maximum Gasteiger partial charge on any atom is 0.0240 e. The molecule has 2 heteroatoms. The third-order valence-corrected chi connectivity index (χ3v) is 3.91. The van der Waals surface area contributed by atoms with Crippen LogP contribution in [0.2, 0.25) is 0 Å². The van der Waals surface area contributed by atoms with Crippen molar-refractivity contribution in [3.8, 4) is 0 Å². The van der Waals surface area contributed by atoms with Crippen LogP contribution in [0.3, 0.4) is 0 Å². The Morgan fingerprint density at radius 1 is 1.24 bits per heavy atom. The number of nitrogens with two attached hydrogens (primary N) is 1. The molecule has 1 atom stereocenters. The second-order valence-corrected chi connectivity index (χ2v) is 5.18. The molecular formula is C15H24N2. The van der Waals surface area contributed by atoms with Gasteiger partial charge in [0.15, 0.2) is 0 Å². The number of hydrogen-bond donors (Lipinski definition) is 1. The van der Waals surface area contributed by atoms with Gasteiger partial charge in [0.2, 0.25) is 0 Å². The molecule has 0 heterocycles. The lowest BCUT2D eigenvalue weighted by Crippen LogP contribution is -2.43. The first-order chi connectivity index (χ1) is 8.31. The Morgan fingerprint density at radius 3 is 2.47 bits per heavy atom. The van der Waals surface area contributed by atoms with E-state index < -0.39 is 0 Å². The molecule has 17 heavy (non-hydrogen) atoms. The van der Waals surface area contributed by atoms with Gasteiger partial charge >= 0.3 is 0 Å². The molecule has 0 aromatic heterocycles. The maximum atomic E-state index is 5.85. The van der Waals surface area contributed by atoms with Crippen LogP contribution in [0.5, 0.6) is 0 Å². The highest BCUT2D eigenvalue weighted by molar-refractivity contribution is 5.14. The van der Waals surface area contributed by atoms with E-state index in [0.717, 1.165) is 19.1 Å². The van der Waals surface area contributed by atoms with E-state index in [1.807, 2.05) is 0 Å². The summed E-state index contributed by atoms with van der Waals surface area (Å²) in [5, 5.41) is 0. The van der Waals surface area contributed by atoms with Crippen LogP contribution in [0.4, 0.5) is 0 Å². The van der Waals surface area contributed by atoms with Gasteiger partial charge in [-0.25, -0.2) is 0 Å². The zero-order valence-corrected chi connectivity index (χ0v) is 10.8. The van der Waals surface area contributed by atoms with Crippen LogP contribution in [-0.4, -0.2) is 23.5 Å². The summed E-state index contributed by atoms with van der Waals surface area (Å²) >= 11 is 0. The van der Waals surface area contributed by atoms with Gasteiger partial charge in [0, 0.05) is 25.2 Å². The normalized spacial score (nSPS) is 18.8. The van der Waals surface area contributed by atoms with Gasteiger partial charge in [0.25, 0.3) is 0 Å². The van der Waals surface area contributed by atoms with Crippen LogP contribution in [0.25, 0.3) is 0 Å². The Labute approximate surface area is 105 Å². The molecule has 94 valence electrons. The minimum atomic E-state index is 0.485. The summed E-state index contributed by atoms with van der Waals surface area (Å²) in [6, 6.07) is 12.0. The summed E-state index contributed by atoms with van der Waals surface area (Å²) in [4.78, 5) is 2.60. The lowest BCUT2D eigenvalue weighted by atomic mass is 10.1. The van der Waals surface area contributed by atoms with Crippen molar-refractivity contribution in [3.05, 3.63) is 35.9 Å². The van der Waals surface area contributed by atoms with Crippen LogP contribution < -0.4 is 5.73 Å². The van der Waals surface area contributed by atoms with Crippen LogP contribution in [0.1, 0.15) is 38.2 Å². The molecule has 1 unspecified atom stereocenters. The van der Waals surface area contributed by atoms with Crippen LogP contribution in [0, 0.1) is 0 Å². The predicted octanol–water partition coefficient (Wildman–Crippen LogP) is 2.78. The van der Waals surface area contributed by atoms with E-state index >= 15 is 0 Å². The Kier molecular flexibility index (Phi) is 4.57. The van der Waals surface area contributed by atoms with Crippen LogP contribution >= 0.6 is 0 Å². The van der Waals surface area contributed by atoms with Gasteiger partial charge in [0.1, 0.15) is 0 Å². The van der Waals surface area contributed by atoms with E-state index in [1.165, 1.54) is 31.2 Å². The number of hydrogen-bond acceptors (Lipinski definition) is 2. The minimum Gasteiger partial charge on any atom is -0.329 e. The highest BCUT2D eigenvalue weighted by atomic mass is 15.2. The molecule has 0 bridgehead atoms. The zero-order chi connectivity index (χ0) is 12.1. The first-order valence-electron chi connectivity index (χ1n) is 6.81. The fraction of sp³-hybridized carbons (Fsp3) is 0.600. The fourth-order valence-corrected chi connectivity index (χ4v) is 2.81. The molecule has 1 fully saturated rings. The summed E-state index contributed by atoms with van der Waals surface area (Å²) in [7, 11) is 0. The first kappa shape index (κ1) is 12.6. The summed E-state index contributed by atoms with van der Waals surface area (Å²) < 4.78 is 0. The van der Waals surface area contributed by atoms with E-state index in [4.69, 9.17) is 5.73 Å². The molecule has 2 nitrogen and oxygen atoms in total. The summed E-state index contributed by atoms with van der Waals surface area (Å²) in [6.07, 6.45) is 5.45. The van der Waals surface area contributed by atoms with Gasteiger partial charge in [-0.15, -0.1) is 0 Å². The summed E-state index contributed by atoms with van der Waals surface area (Å²) in [6.45, 7) is 4.05. The van der Waals surface area contributed by atoms with Crippen molar-refractivity contribution in [2.75, 3.05) is 6.54 Å². The lowest BCUT2D eigenvalue weighted by Gasteiger charge is -2.34. The van der Waals surface area contributed by atoms with E-state index in [9.17, 15) is 0 Å². The van der Waals surface area contributed by atoms with Gasteiger partial charge in [-0.3, -0.25) is 4.90 Å². The Hall–Kier alpha value is -0.860. The van der Waals surface area contributed by atoms with Gasteiger partial charge in [-0.1, -0.05) is 43.2 Å². The van der Waals surface area contributed by atoms with Crippen molar-refractivity contribution in [1.29, 1.82) is 0 Å². The topological polar surface area (TPSA) is 29.3 Å². The van der Waals surface area contributed by atoms with Crippen molar-refractivity contribution >= 4 is 0 Å². The fourth-order valence-electron chi connectivity index (χ4n) is 2.81. The monoisotopic (exact) mass is 232 g/mol. The zero-order valence-electron chi connectivity index (χ0n) is 10.8. The van der Waals surface area contributed by atoms with Crippen LogP contribution in [0.15, 0.2) is 30.3 Å². The average molecular weight is 232 g/mol. The van der Waals surface area contributed by atoms with Crippen molar-refractivity contribution in [1.82, 2.24) is 4.90 Å². The molecule has 1 aromatic rings. The van der Waals surface area contributed by atoms with Gasteiger partial charge in [-0.05, 0) is 25.3 Å². The van der Waals surface area contributed by atoms with E-state index in [1.54, 1.807) is 0 Å². The molecule has 0 radical (unpaired) electrons. The Balaban J connectivity index is 2.05. The van der Waals surface area contributed by atoms with Gasteiger partial charge in [-0.2, -0.15) is 0 Å².